The number of aromatic nitrogens is 4. The summed E-state index contributed by atoms with van der Waals surface area (Å²) in [4.78, 5) is 11.6. The molecule has 40 heavy (non-hydrogen) atoms. The summed E-state index contributed by atoms with van der Waals surface area (Å²) < 4.78 is 14.7. The number of thioether (sulfide) groups is 1. The molecular weight excluding hydrogens is 518 g/mol. The van der Waals surface area contributed by atoms with Crippen LogP contribution in [0.1, 0.15) is 61.6 Å². The van der Waals surface area contributed by atoms with E-state index in [1.165, 1.54) is 23.5 Å². The maximum atomic E-state index is 6.51. The predicted octanol–water partition coefficient (Wildman–Crippen LogP) is 6.89. The molecule has 0 amide bonds. The summed E-state index contributed by atoms with van der Waals surface area (Å²) in [6.45, 7) is 9.31. The molecule has 2 atom stereocenters. The fraction of sp³-hybridized carbons (Fsp3) is 0.469. The highest BCUT2D eigenvalue weighted by Crippen LogP contribution is 2.45. The molecule has 0 saturated carbocycles. The van der Waals surface area contributed by atoms with E-state index in [-0.39, 0.29) is 12.3 Å². The zero-order valence-corrected chi connectivity index (χ0v) is 24.4. The van der Waals surface area contributed by atoms with Crippen molar-refractivity contribution in [1.82, 2.24) is 19.7 Å². The molecule has 0 aliphatic carbocycles. The van der Waals surface area contributed by atoms with Gasteiger partial charge in [0.1, 0.15) is 23.4 Å². The Morgan fingerprint density at radius 2 is 1.93 bits per heavy atom. The lowest BCUT2D eigenvalue weighted by atomic mass is 9.79. The average molecular weight is 556 g/mol. The fourth-order valence-electron chi connectivity index (χ4n) is 6.70. The van der Waals surface area contributed by atoms with E-state index >= 15 is 0 Å². The van der Waals surface area contributed by atoms with E-state index < -0.39 is 0 Å². The van der Waals surface area contributed by atoms with Crippen LogP contribution in [-0.2, 0) is 4.74 Å². The summed E-state index contributed by atoms with van der Waals surface area (Å²) >= 11 is 2.09. The molecule has 1 unspecified atom stereocenters. The molecule has 3 aromatic heterocycles. The van der Waals surface area contributed by atoms with Crippen LogP contribution in [0.25, 0.3) is 22.2 Å². The normalized spacial score (nSPS) is 21.1. The smallest absolute Gasteiger partial charge is 0.150 e. The van der Waals surface area contributed by atoms with Crippen molar-refractivity contribution in [2.45, 2.75) is 58.8 Å². The van der Waals surface area contributed by atoms with Gasteiger partial charge in [-0.15, -0.1) is 0 Å². The monoisotopic (exact) mass is 555 g/mol. The Hall–Kier alpha value is -3.10. The van der Waals surface area contributed by atoms with Crippen molar-refractivity contribution in [3.63, 3.8) is 0 Å². The molecular formula is C32H37N5O2S. The highest BCUT2D eigenvalue weighted by Gasteiger charge is 2.45. The van der Waals surface area contributed by atoms with E-state index in [0.717, 1.165) is 83.8 Å². The van der Waals surface area contributed by atoms with Crippen LogP contribution in [0, 0.1) is 19.3 Å². The van der Waals surface area contributed by atoms with Crippen molar-refractivity contribution in [1.29, 1.82) is 0 Å². The Labute approximate surface area is 240 Å². The number of nitrogens with zero attached hydrogens (tertiary/aromatic N) is 5. The van der Waals surface area contributed by atoms with E-state index in [1.54, 1.807) is 0 Å². The molecule has 7 rings (SSSR count). The van der Waals surface area contributed by atoms with E-state index in [1.807, 2.05) is 18.6 Å². The summed E-state index contributed by atoms with van der Waals surface area (Å²) in [6, 6.07) is 10.6. The van der Waals surface area contributed by atoms with Crippen LogP contribution in [-0.4, -0.2) is 51.0 Å². The molecule has 3 aliphatic heterocycles. The summed E-state index contributed by atoms with van der Waals surface area (Å²) in [6.07, 6.45) is 10.2. The number of ether oxygens (including phenoxy) is 2. The molecule has 0 radical (unpaired) electrons. The minimum atomic E-state index is -0.0975. The summed E-state index contributed by atoms with van der Waals surface area (Å²) in [5.74, 6) is 4.47. The number of hydrogen-bond acceptors (Lipinski definition) is 7. The minimum absolute atomic E-state index is 0.0494. The standard InChI is InChI=1S/C32H37N5O2S/c1-21-15-33-16-22(2)30(21)23(3)39-25-8-9-27-26(14-25)31(35-37(27)29-6-4-5-12-38-29)24-7-10-28(34-17-24)36-18-32(19-36)11-13-40-20-32/h7-10,14-17,23,29H,4-6,11-13,18-20H2,1-3H3/t23-,29?/m1/s1. The summed E-state index contributed by atoms with van der Waals surface area (Å²) in [5.41, 5.74) is 6.98. The second-order valence-electron chi connectivity index (χ2n) is 11.8. The molecule has 8 heteroatoms. The molecule has 3 saturated heterocycles. The topological polar surface area (TPSA) is 65.3 Å². The van der Waals surface area contributed by atoms with Gasteiger partial charge in [-0.2, -0.15) is 16.9 Å². The third-order valence-corrected chi connectivity index (χ3v) is 10.1. The number of fused-ring (bicyclic) bond motifs is 1. The molecule has 0 N–H and O–H groups in total. The van der Waals surface area contributed by atoms with Crippen LogP contribution < -0.4 is 9.64 Å². The highest BCUT2D eigenvalue weighted by molar-refractivity contribution is 7.99. The molecule has 0 bridgehead atoms. The van der Waals surface area contributed by atoms with Gasteiger partial charge in [-0.3, -0.25) is 4.98 Å². The van der Waals surface area contributed by atoms with Crippen molar-refractivity contribution in [2.75, 3.05) is 36.1 Å². The Balaban J connectivity index is 1.21. The van der Waals surface area contributed by atoms with Crippen LogP contribution in [0.2, 0.25) is 0 Å². The number of pyridine rings is 2. The maximum absolute atomic E-state index is 6.51. The van der Waals surface area contributed by atoms with Gasteiger partial charge in [0.05, 0.1) is 5.52 Å². The maximum Gasteiger partial charge on any atom is 0.150 e. The van der Waals surface area contributed by atoms with Gasteiger partial charge < -0.3 is 14.4 Å². The van der Waals surface area contributed by atoms with E-state index in [0.29, 0.717) is 5.41 Å². The Morgan fingerprint density at radius 1 is 1.07 bits per heavy atom. The van der Waals surface area contributed by atoms with Crippen LogP contribution in [0.5, 0.6) is 5.75 Å². The van der Waals surface area contributed by atoms with Crippen molar-refractivity contribution in [3.8, 4) is 17.0 Å². The Bertz CT molecular complexity index is 1490. The van der Waals surface area contributed by atoms with Crippen LogP contribution in [0.3, 0.4) is 0 Å². The van der Waals surface area contributed by atoms with Gasteiger partial charge in [-0.25, -0.2) is 9.67 Å². The van der Waals surface area contributed by atoms with Crippen molar-refractivity contribution in [3.05, 3.63) is 65.6 Å². The van der Waals surface area contributed by atoms with Crippen molar-refractivity contribution >= 4 is 28.5 Å². The predicted molar refractivity (Wildman–Crippen MR) is 161 cm³/mol. The third-order valence-electron chi connectivity index (χ3n) is 8.79. The Morgan fingerprint density at radius 3 is 2.62 bits per heavy atom. The quantitative estimate of drug-likeness (QED) is 0.257. The van der Waals surface area contributed by atoms with Gasteiger partial charge in [0.25, 0.3) is 0 Å². The number of rotatable bonds is 6. The molecule has 1 aromatic carbocycles. The molecule has 3 aliphatic rings. The molecule has 208 valence electrons. The van der Waals surface area contributed by atoms with Gasteiger partial charge >= 0.3 is 0 Å². The zero-order valence-electron chi connectivity index (χ0n) is 23.6. The first-order valence-corrected chi connectivity index (χ1v) is 15.7. The number of hydrogen-bond donors (Lipinski definition) is 0. The van der Waals surface area contributed by atoms with E-state index in [4.69, 9.17) is 19.6 Å². The lowest BCUT2D eigenvalue weighted by Crippen LogP contribution is -2.56. The van der Waals surface area contributed by atoms with E-state index in [2.05, 4.69) is 77.4 Å². The second kappa shape index (κ2) is 10.4. The lowest BCUT2D eigenvalue weighted by molar-refractivity contribution is -0.0365. The highest BCUT2D eigenvalue weighted by atomic mass is 32.2. The first-order chi connectivity index (χ1) is 19.5. The summed E-state index contributed by atoms with van der Waals surface area (Å²) in [7, 11) is 0. The molecule has 1 spiro atoms. The van der Waals surface area contributed by atoms with Crippen molar-refractivity contribution < 1.29 is 9.47 Å². The third kappa shape index (κ3) is 4.65. The Kier molecular flexibility index (Phi) is 6.71. The average Bonchev–Trinajstić information content (AvgIpc) is 3.59. The first kappa shape index (κ1) is 25.8. The second-order valence-corrected chi connectivity index (χ2v) is 12.9. The van der Waals surface area contributed by atoms with Gasteiger partial charge in [0.2, 0.25) is 0 Å². The van der Waals surface area contributed by atoms with Crippen molar-refractivity contribution in [2.24, 2.45) is 5.41 Å². The number of benzene rings is 1. The van der Waals surface area contributed by atoms with Crippen LogP contribution in [0.4, 0.5) is 5.82 Å². The zero-order chi connectivity index (χ0) is 27.3. The van der Waals surface area contributed by atoms with Gasteiger partial charge in [0, 0.05) is 66.0 Å². The molecule has 4 aromatic rings. The largest absolute Gasteiger partial charge is 0.486 e. The first-order valence-electron chi connectivity index (χ1n) is 14.5. The lowest BCUT2D eigenvalue weighted by Gasteiger charge is -2.48. The molecule has 7 nitrogen and oxygen atoms in total. The van der Waals surface area contributed by atoms with Gasteiger partial charge in [-0.1, -0.05) is 0 Å². The number of anilines is 1. The molecule has 3 fully saturated rings. The van der Waals surface area contributed by atoms with Gasteiger partial charge in [0.15, 0.2) is 6.23 Å². The SMILES string of the molecule is Cc1cncc(C)c1[C@@H](C)Oc1ccc2c(c1)c(-c1ccc(N3CC4(CCSC4)C3)nc1)nn2C1CCCCO1. The van der Waals surface area contributed by atoms with Gasteiger partial charge in [-0.05, 0) is 93.7 Å². The fourth-order valence-corrected chi connectivity index (χ4v) is 8.18. The van der Waals surface area contributed by atoms with Crippen LogP contribution in [0.15, 0.2) is 48.9 Å². The molecule has 6 heterocycles. The summed E-state index contributed by atoms with van der Waals surface area (Å²) in [5, 5.41) is 6.19. The minimum Gasteiger partial charge on any atom is -0.486 e. The van der Waals surface area contributed by atoms with E-state index in [9.17, 15) is 0 Å². The van der Waals surface area contributed by atoms with Crippen LogP contribution >= 0.6 is 11.8 Å². The number of aryl methyl sites for hydroxylation is 2.